The Labute approximate surface area is 108 Å². The van der Waals surface area contributed by atoms with E-state index in [4.69, 9.17) is 5.73 Å². The van der Waals surface area contributed by atoms with Gasteiger partial charge in [-0.1, -0.05) is 6.07 Å². The van der Waals surface area contributed by atoms with Gasteiger partial charge in [-0.15, -0.1) is 0 Å². The van der Waals surface area contributed by atoms with Crippen molar-refractivity contribution < 1.29 is 22.7 Å². The number of nitrogens with two attached hydrogens (primary N) is 1. The number of carbonyl (C=O) groups excluding carboxylic acids is 1. The van der Waals surface area contributed by atoms with E-state index in [0.717, 1.165) is 18.2 Å². The standard InChI is InChI=1S/C12H13F3N2O2/c1-2-19-11(18)7-10(16)17-9-5-3-4-8(6-9)12(13,14)15/h3-7,17H,2,16H2,1H3. The predicted molar refractivity (Wildman–Crippen MR) is 64.0 cm³/mol. The molecule has 0 bridgehead atoms. The van der Waals surface area contributed by atoms with Crippen LogP contribution in [0.2, 0.25) is 0 Å². The van der Waals surface area contributed by atoms with Gasteiger partial charge < -0.3 is 15.8 Å². The van der Waals surface area contributed by atoms with Crippen LogP contribution in [0.3, 0.4) is 0 Å². The maximum Gasteiger partial charge on any atom is 0.416 e. The first-order valence-corrected chi connectivity index (χ1v) is 5.41. The molecule has 0 unspecified atom stereocenters. The van der Waals surface area contributed by atoms with E-state index in [9.17, 15) is 18.0 Å². The lowest BCUT2D eigenvalue weighted by Gasteiger charge is -2.10. The summed E-state index contributed by atoms with van der Waals surface area (Å²) < 4.78 is 42.0. The van der Waals surface area contributed by atoms with Crippen LogP contribution in [0.1, 0.15) is 12.5 Å². The maximum absolute atomic E-state index is 12.5. The molecule has 1 aromatic carbocycles. The summed E-state index contributed by atoms with van der Waals surface area (Å²) in [4.78, 5) is 11.1. The number of ether oxygens (including phenoxy) is 1. The molecule has 0 aromatic heterocycles. The molecule has 0 amide bonds. The molecule has 19 heavy (non-hydrogen) atoms. The Morgan fingerprint density at radius 1 is 1.47 bits per heavy atom. The minimum atomic E-state index is -4.43. The highest BCUT2D eigenvalue weighted by atomic mass is 19.4. The van der Waals surface area contributed by atoms with E-state index in [1.165, 1.54) is 12.1 Å². The summed E-state index contributed by atoms with van der Waals surface area (Å²) in [5, 5.41) is 2.48. The summed E-state index contributed by atoms with van der Waals surface area (Å²) in [5.41, 5.74) is 4.79. The monoisotopic (exact) mass is 274 g/mol. The van der Waals surface area contributed by atoms with Crippen molar-refractivity contribution in [3.8, 4) is 0 Å². The molecular formula is C12H13F3N2O2. The van der Waals surface area contributed by atoms with Crippen molar-refractivity contribution in [2.75, 3.05) is 11.9 Å². The number of alkyl halides is 3. The highest BCUT2D eigenvalue weighted by molar-refractivity contribution is 5.83. The quantitative estimate of drug-likeness (QED) is 0.654. The van der Waals surface area contributed by atoms with Gasteiger partial charge in [-0.05, 0) is 25.1 Å². The van der Waals surface area contributed by atoms with Crippen LogP contribution < -0.4 is 11.1 Å². The van der Waals surface area contributed by atoms with Crippen molar-refractivity contribution in [3.63, 3.8) is 0 Å². The average Bonchev–Trinajstić information content (AvgIpc) is 2.28. The molecule has 0 radical (unpaired) electrons. The van der Waals surface area contributed by atoms with Crippen LogP contribution in [0, 0.1) is 0 Å². The molecular weight excluding hydrogens is 261 g/mol. The van der Waals surface area contributed by atoms with Crippen molar-refractivity contribution in [3.05, 3.63) is 41.7 Å². The number of benzene rings is 1. The van der Waals surface area contributed by atoms with E-state index in [-0.39, 0.29) is 18.1 Å². The molecule has 0 saturated carbocycles. The number of carbonyl (C=O) groups is 1. The third-order valence-electron chi connectivity index (χ3n) is 2.04. The Morgan fingerprint density at radius 2 is 2.16 bits per heavy atom. The van der Waals surface area contributed by atoms with Crippen LogP contribution in [0.4, 0.5) is 18.9 Å². The molecule has 0 spiro atoms. The van der Waals surface area contributed by atoms with Crippen molar-refractivity contribution in [2.24, 2.45) is 5.73 Å². The largest absolute Gasteiger partial charge is 0.463 e. The van der Waals surface area contributed by atoms with Gasteiger partial charge in [0.15, 0.2) is 0 Å². The zero-order chi connectivity index (χ0) is 14.5. The fourth-order valence-corrected chi connectivity index (χ4v) is 1.29. The molecule has 0 heterocycles. The van der Waals surface area contributed by atoms with Crippen LogP contribution in [0.25, 0.3) is 0 Å². The van der Waals surface area contributed by atoms with E-state index < -0.39 is 17.7 Å². The topological polar surface area (TPSA) is 64.3 Å². The van der Waals surface area contributed by atoms with Gasteiger partial charge >= 0.3 is 12.1 Å². The van der Waals surface area contributed by atoms with E-state index in [1.54, 1.807) is 6.92 Å². The van der Waals surface area contributed by atoms with Crippen LogP contribution in [0.15, 0.2) is 36.2 Å². The highest BCUT2D eigenvalue weighted by Crippen LogP contribution is 2.30. The Morgan fingerprint density at radius 3 is 2.74 bits per heavy atom. The molecule has 1 rings (SSSR count). The zero-order valence-corrected chi connectivity index (χ0v) is 10.1. The predicted octanol–water partition coefficient (Wildman–Crippen LogP) is 2.48. The maximum atomic E-state index is 12.5. The van der Waals surface area contributed by atoms with Gasteiger partial charge in [-0.25, -0.2) is 4.79 Å². The molecule has 104 valence electrons. The Hall–Kier alpha value is -2.18. The lowest BCUT2D eigenvalue weighted by Crippen LogP contribution is -2.13. The van der Waals surface area contributed by atoms with Gasteiger partial charge in [0, 0.05) is 5.69 Å². The molecule has 0 aliphatic heterocycles. The number of halogens is 3. The molecule has 3 N–H and O–H groups in total. The second kappa shape index (κ2) is 6.12. The number of rotatable bonds is 4. The number of nitrogens with one attached hydrogen (secondary N) is 1. The summed E-state index contributed by atoms with van der Waals surface area (Å²) in [6.07, 6.45) is -3.47. The lowest BCUT2D eigenvalue weighted by atomic mass is 10.2. The molecule has 7 heteroatoms. The van der Waals surface area contributed by atoms with E-state index >= 15 is 0 Å². The smallest absolute Gasteiger partial charge is 0.416 e. The van der Waals surface area contributed by atoms with Crippen LogP contribution in [-0.2, 0) is 15.7 Å². The lowest BCUT2D eigenvalue weighted by molar-refractivity contribution is -0.138. The minimum Gasteiger partial charge on any atom is -0.463 e. The summed E-state index contributed by atoms with van der Waals surface area (Å²) in [6.45, 7) is 1.81. The Balaban J connectivity index is 2.80. The molecule has 0 saturated heterocycles. The van der Waals surface area contributed by atoms with E-state index in [1.807, 2.05) is 0 Å². The fraction of sp³-hybridized carbons (Fsp3) is 0.250. The Bertz CT molecular complexity index is 484. The molecule has 0 atom stereocenters. The van der Waals surface area contributed by atoms with Crippen molar-refractivity contribution in [2.45, 2.75) is 13.1 Å². The number of hydrogen-bond donors (Lipinski definition) is 2. The number of esters is 1. The molecule has 0 aliphatic carbocycles. The van der Waals surface area contributed by atoms with Crippen molar-refractivity contribution in [1.29, 1.82) is 0 Å². The Kier molecular flexibility index (Phi) is 4.80. The summed E-state index contributed by atoms with van der Waals surface area (Å²) in [5.74, 6) is -0.766. The fourth-order valence-electron chi connectivity index (χ4n) is 1.29. The van der Waals surface area contributed by atoms with Gasteiger partial charge in [-0.2, -0.15) is 13.2 Å². The van der Waals surface area contributed by atoms with Crippen molar-refractivity contribution >= 4 is 11.7 Å². The summed E-state index contributed by atoms with van der Waals surface area (Å²) >= 11 is 0. The van der Waals surface area contributed by atoms with Gasteiger partial charge in [0.2, 0.25) is 0 Å². The van der Waals surface area contributed by atoms with Gasteiger partial charge in [0.1, 0.15) is 5.82 Å². The molecule has 1 aromatic rings. The molecule has 0 fully saturated rings. The molecule has 4 nitrogen and oxygen atoms in total. The van der Waals surface area contributed by atoms with Gasteiger partial charge in [0.25, 0.3) is 0 Å². The normalized spacial score (nSPS) is 12.1. The third-order valence-corrected chi connectivity index (χ3v) is 2.04. The van der Waals surface area contributed by atoms with Crippen molar-refractivity contribution in [1.82, 2.24) is 0 Å². The number of hydrogen-bond acceptors (Lipinski definition) is 4. The zero-order valence-electron chi connectivity index (χ0n) is 10.1. The first-order chi connectivity index (χ1) is 8.82. The average molecular weight is 274 g/mol. The minimum absolute atomic E-state index is 0.0993. The van der Waals surface area contributed by atoms with E-state index in [0.29, 0.717) is 0 Å². The van der Waals surface area contributed by atoms with Crippen LogP contribution in [-0.4, -0.2) is 12.6 Å². The van der Waals surface area contributed by atoms with Crippen LogP contribution >= 0.6 is 0 Å². The second-order valence-corrected chi connectivity index (χ2v) is 3.56. The second-order valence-electron chi connectivity index (χ2n) is 3.56. The van der Waals surface area contributed by atoms with E-state index in [2.05, 4.69) is 10.1 Å². The molecule has 0 aliphatic rings. The highest BCUT2D eigenvalue weighted by Gasteiger charge is 2.30. The van der Waals surface area contributed by atoms with Gasteiger partial charge in [0.05, 0.1) is 18.2 Å². The first-order valence-electron chi connectivity index (χ1n) is 5.41. The first kappa shape index (κ1) is 14.9. The van der Waals surface area contributed by atoms with Gasteiger partial charge in [-0.3, -0.25) is 0 Å². The number of anilines is 1. The SMILES string of the molecule is CCOC(=O)C=C(N)Nc1cccc(C(F)(F)F)c1. The van der Waals surface area contributed by atoms with Crippen LogP contribution in [0.5, 0.6) is 0 Å². The third kappa shape index (κ3) is 4.90. The summed E-state index contributed by atoms with van der Waals surface area (Å²) in [7, 11) is 0. The summed E-state index contributed by atoms with van der Waals surface area (Å²) in [6, 6.07) is 4.48.